The summed E-state index contributed by atoms with van der Waals surface area (Å²) in [6.07, 6.45) is -3.70. The number of ether oxygens (including phenoxy) is 1. The van der Waals surface area contributed by atoms with Gasteiger partial charge in [-0.15, -0.1) is 13.2 Å². The molecular formula is C18H14F5N3O. The van der Waals surface area contributed by atoms with Crippen LogP contribution in [0.1, 0.15) is 24.0 Å². The lowest BCUT2D eigenvalue weighted by atomic mass is 9.96. The molecule has 0 N–H and O–H groups in total. The fourth-order valence-corrected chi connectivity index (χ4v) is 3.15. The number of halogens is 5. The molecule has 3 heterocycles. The Morgan fingerprint density at radius 3 is 2.48 bits per heavy atom. The zero-order valence-electron chi connectivity index (χ0n) is 13.9. The van der Waals surface area contributed by atoms with E-state index in [4.69, 9.17) is 0 Å². The van der Waals surface area contributed by atoms with Gasteiger partial charge < -0.3 is 9.64 Å². The van der Waals surface area contributed by atoms with Crippen LogP contribution in [0.3, 0.4) is 0 Å². The summed E-state index contributed by atoms with van der Waals surface area (Å²) in [6.45, 7) is 0.381. The average Bonchev–Trinajstić information content (AvgIpc) is 2.56. The number of hydrogen-bond donors (Lipinski definition) is 0. The summed E-state index contributed by atoms with van der Waals surface area (Å²) in [5, 5.41) is 0. The maximum atomic E-state index is 13.3. The smallest absolute Gasteiger partial charge is 0.406 e. The highest BCUT2D eigenvalue weighted by Crippen LogP contribution is 2.37. The van der Waals surface area contributed by atoms with Crippen molar-refractivity contribution < 1.29 is 26.7 Å². The molecule has 0 aliphatic carbocycles. The second kappa shape index (κ2) is 6.17. The van der Waals surface area contributed by atoms with Crippen molar-refractivity contribution in [3.63, 3.8) is 0 Å². The molecule has 1 aromatic carbocycles. The Hall–Kier alpha value is -2.71. The number of anilines is 1. The van der Waals surface area contributed by atoms with E-state index in [0.717, 1.165) is 0 Å². The van der Waals surface area contributed by atoms with E-state index in [1.54, 1.807) is 17.0 Å². The van der Waals surface area contributed by atoms with Gasteiger partial charge in [0.1, 0.15) is 11.6 Å². The fraction of sp³-hybridized carbons (Fsp3) is 0.333. The normalized spacial score (nSPS) is 18.4. The number of aromatic nitrogens is 1. The molecule has 2 aliphatic rings. The molecule has 0 radical (unpaired) electrons. The summed E-state index contributed by atoms with van der Waals surface area (Å²) in [6, 6.07) is 7.34. The van der Waals surface area contributed by atoms with Crippen LogP contribution >= 0.6 is 0 Å². The summed E-state index contributed by atoms with van der Waals surface area (Å²) < 4.78 is 67.8. The lowest BCUT2D eigenvalue weighted by molar-refractivity contribution is -0.274. The molecule has 1 saturated heterocycles. The highest BCUT2D eigenvalue weighted by molar-refractivity contribution is 6.22. The maximum absolute atomic E-state index is 13.3. The summed E-state index contributed by atoms with van der Waals surface area (Å²) in [7, 11) is 0. The number of nitrogens with zero attached hydrogens (tertiary/aromatic N) is 3. The molecule has 0 spiro atoms. The predicted molar refractivity (Wildman–Crippen MR) is 89.1 cm³/mol. The van der Waals surface area contributed by atoms with Gasteiger partial charge in [0.2, 0.25) is 0 Å². The first-order chi connectivity index (χ1) is 12.7. The molecule has 1 aromatic heterocycles. The summed E-state index contributed by atoms with van der Waals surface area (Å²) in [5.41, 5.74) is 2.28. The number of alkyl halides is 5. The third-order valence-electron chi connectivity index (χ3n) is 4.53. The van der Waals surface area contributed by atoms with Crippen molar-refractivity contribution in [2.75, 3.05) is 18.0 Å². The van der Waals surface area contributed by atoms with Gasteiger partial charge in [-0.25, -0.2) is 18.8 Å². The van der Waals surface area contributed by atoms with Crippen molar-refractivity contribution in [1.82, 2.24) is 4.98 Å². The molecule has 0 saturated carbocycles. The fourth-order valence-electron chi connectivity index (χ4n) is 3.15. The van der Waals surface area contributed by atoms with Crippen molar-refractivity contribution in [3.8, 4) is 5.75 Å². The van der Waals surface area contributed by atoms with Crippen molar-refractivity contribution in [2.24, 2.45) is 4.99 Å². The third kappa shape index (κ3) is 3.72. The van der Waals surface area contributed by atoms with Crippen LogP contribution in [-0.2, 0) is 0 Å². The van der Waals surface area contributed by atoms with Crippen LogP contribution in [0.25, 0.3) is 0 Å². The van der Waals surface area contributed by atoms with Crippen molar-refractivity contribution >= 4 is 17.2 Å². The molecule has 0 atom stereocenters. The monoisotopic (exact) mass is 383 g/mol. The first-order valence-electron chi connectivity index (χ1n) is 8.28. The van der Waals surface area contributed by atoms with Crippen molar-refractivity contribution in [1.29, 1.82) is 0 Å². The van der Waals surface area contributed by atoms with Crippen LogP contribution in [0, 0.1) is 0 Å². The topological polar surface area (TPSA) is 37.7 Å². The van der Waals surface area contributed by atoms with Gasteiger partial charge in [-0.05, 0) is 30.3 Å². The second-order valence-electron chi connectivity index (χ2n) is 6.43. The molecule has 0 amide bonds. The van der Waals surface area contributed by atoms with Crippen molar-refractivity contribution in [3.05, 3.63) is 47.7 Å². The van der Waals surface area contributed by atoms with E-state index in [9.17, 15) is 22.0 Å². The molecule has 2 aromatic rings. The molecule has 27 heavy (non-hydrogen) atoms. The quantitative estimate of drug-likeness (QED) is 0.616. The zero-order valence-corrected chi connectivity index (χ0v) is 13.9. The van der Waals surface area contributed by atoms with E-state index in [-0.39, 0.29) is 31.7 Å². The molecule has 142 valence electrons. The van der Waals surface area contributed by atoms with Gasteiger partial charge in [-0.3, -0.25) is 0 Å². The second-order valence-corrected chi connectivity index (χ2v) is 6.43. The third-order valence-corrected chi connectivity index (χ3v) is 4.53. The zero-order chi connectivity index (χ0) is 19.2. The average molecular weight is 383 g/mol. The van der Waals surface area contributed by atoms with E-state index < -0.39 is 12.3 Å². The molecule has 9 heteroatoms. The lowest BCUT2D eigenvalue weighted by Crippen LogP contribution is -2.39. The molecule has 1 fully saturated rings. The first kappa shape index (κ1) is 17.7. The van der Waals surface area contributed by atoms with Gasteiger partial charge in [0.25, 0.3) is 5.92 Å². The standard InChI is InChI=1S/C18H14F5N3O/c19-17(20)4-7-26(8-5-17)15-9-11(3-6-24-15)16-13-10-12(27-18(21,22)23)1-2-14(13)25-16/h1-3,6,9-10H,4-5,7-8H2. The molecule has 4 nitrogen and oxygen atoms in total. The molecular weight excluding hydrogens is 369 g/mol. The number of aliphatic imine (C=N–C) groups is 1. The number of piperidine rings is 1. The summed E-state index contributed by atoms with van der Waals surface area (Å²) >= 11 is 0. The Labute approximate surface area is 151 Å². The minimum absolute atomic E-state index is 0.191. The number of fused-ring (bicyclic) bond motifs is 1. The Kier molecular flexibility index (Phi) is 4.05. The molecule has 0 unspecified atom stereocenters. The van der Waals surface area contributed by atoms with Gasteiger partial charge >= 0.3 is 6.36 Å². The van der Waals surface area contributed by atoms with Crippen LogP contribution in [0.5, 0.6) is 5.75 Å². The van der Waals surface area contributed by atoms with Crippen LogP contribution < -0.4 is 9.64 Å². The highest BCUT2D eigenvalue weighted by Gasteiger charge is 2.35. The summed E-state index contributed by atoms with van der Waals surface area (Å²) in [4.78, 5) is 10.3. The summed E-state index contributed by atoms with van der Waals surface area (Å²) in [5.74, 6) is -2.43. The van der Waals surface area contributed by atoms with Gasteiger partial charge in [0.15, 0.2) is 0 Å². The SMILES string of the molecule is FC1(F)CCN(c2cc(C3=Nc4ccc(OC(F)(F)F)cc43)ccn2)CC1. The Balaban J connectivity index is 1.55. The van der Waals surface area contributed by atoms with Gasteiger partial charge in [0, 0.05) is 43.3 Å². The molecule has 0 bridgehead atoms. The van der Waals surface area contributed by atoms with Gasteiger partial charge in [0.05, 0.1) is 11.4 Å². The number of hydrogen-bond acceptors (Lipinski definition) is 4. The lowest BCUT2D eigenvalue weighted by Gasteiger charge is -2.32. The maximum Gasteiger partial charge on any atom is 0.573 e. The van der Waals surface area contributed by atoms with Gasteiger partial charge in [-0.1, -0.05) is 0 Å². The number of pyridine rings is 1. The van der Waals surface area contributed by atoms with E-state index >= 15 is 0 Å². The Bertz CT molecular complexity index is 900. The highest BCUT2D eigenvalue weighted by atomic mass is 19.4. The number of rotatable bonds is 3. The first-order valence-corrected chi connectivity index (χ1v) is 8.28. The predicted octanol–water partition coefficient (Wildman–Crippen LogP) is 4.70. The van der Waals surface area contributed by atoms with E-state index in [1.165, 1.54) is 24.4 Å². The van der Waals surface area contributed by atoms with E-state index in [0.29, 0.717) is 28.3 Å². The number of benzene rings is 1. The minimum atomic E-state index is -4.77. The van der Waals surface area contributed by atoms with Crippen LogP contribution in [-0.4, -0.2) is 36.1 Å². The van der Waals surface area contributed by atoms with E-state index in [2.05, 4.69) is 14.7 Å². The van der Waals surface area contributed by atoms with Crippen LogP contribution in [0.4, 0.5) is 33.5 Å². The largest absolute Gasteiger partial charge is 0.573 e. The molecule has 4 rings (SSSR count). The van der Waals surface area contributed by atoms with Crippen molar-refractivity contribution in [2.45, 2.75) is 25.1 Å². The Morgan fingerprint density at radius 1 is 1.04 bits per heavy atom. The van der Waals surface area contributed by atoms with Gasteiger partial charge in [-0.2, -0.15) is 0 Å². The molecule has 2 aliphatic heterocycles. The Morgan fingerprint density at radius 2 is 1.78 bits per heavy atom. The van der Waals surface area contributed by atoms with Crippen LogP contribution in [0.2, 0.25) is 0 Å². The minimum Gasteiger partial charge on any atom is -0.406 e. The van der Waals surface area contributed by atoms with E-state index in [1.807, 2.05) is 0 Å². The van der Waals surface area contributed by atoms with Crippen LogP contribution in [0.15, 0.2) is 41.5 Å².